The highest BCUT2D eigenvalue weighted by molar-refractivity contribution is 7.89. The molecule has 0 spiro atoms. The third-order valence-electron chi connectivity index (χ3n) is 3.38. The lowest BCUT2D eigenvalue weighted by Crippen LogP contribution is -2.34. The smallest absolute Gasteiger partial charge is 0.212 e. The summed E-state index contributed by atoms with van der Waals surface area (Å²) in [5, 5.41) is 0. The van der Waals surface area contributed by atoms with Gasteiger partial charge in [0.1, 0.15) is 0 Å². The summed E-state index contributed by atoms with van der Waals surface area (Å²) < 4.78 is 25.6. The van der Waals surface area contributed by atoms with E-state index in [9.17, 15) is 8.42 Å². The molecule has 5 heteroatoms. The molecule has 0 saturated heterocycles. The number of nitrogens with one attached hydrogen (secondary N) is 1. The second kappa shape index (κ2) is 4.39. The number of hydrogen-bond acceptors (Lipinski definition) is 3. The van der Waals surface area contributed by atoms with Crippen molar-refractivity contribution in [2.75, 3.05) is 18.8 Å². The second-order valence-corrected chi connectivity index (χ2v) is 6.72. The molecule has 2 fully saturated rings. The van der Waals surface area contributed by atoms with Crippen LogP contribution in [0.5, 0.6) is 0 Å². The van der Waals surface area contributed by atoms with E-state index in [4.69, 9.17) is 5.73 Å². The third kappa shape index (κ3) is 3.43. The Labute approximate surface area is 91.7 Å². The second-order valence-electron chi connectivity index (χ2n) is 4.79. The number of nitrogens with two attached hydrogens (primary N) is 1. The van der Waals surface area contributed by atoms with Crippen molar-refractivity contribution in [3.63, 3.8) is 0 Å². The molecule has 2 aliphatic rings. The fraction of sp³-hybridized carbons (Fsp3) is 1.00. The summed E-state index contributed by atoms with van der Waals surface area (Å²) in [5.41, 5.74) is 5.25. The number of sulfonamides is 1. The molecule has 88 valence electrons. The molecule has 0 aliphatic heterocycles. The Morgan fingerprint density at radius 1 is 1.20 bits per heavy atom. The van der Waals surface area contributed by atoms with Crippen LogP contribution in [0.3, 0.4) is 0 Å². The molecule has 15 heavy (non-hydrogen) atoms. The zero-order chi connectivity index (χ0) is 10.9. The molecule has 0 amide bonds. The summed E-state index contributed by atoms with van der Waals surface area (Å²) in [6.07, 6.45) is 5.17. The maximum Gasteiger partial charge on any atom is 0.212 e. The van der Waals surface area contributed by atoms with Gasteiger partial charge in [0.2, 0.25) is 10.0 Å². The molecule has 2 saturated carbocycles. The van der Waals surface area contributed by atoms with E-state index < -0.39 is 10.0 Å². The first-order valence-corrected chi connectivity index (χ1v) is 7.45. The Morgan fingerprint density at radius 2 is 1.73 bits per heavy atom. The van der Waals surface area contributed by atoms with Gasteiger partial charge in [-0.05, 0) is 43.4 Å². The van der Waals surface area contributed by atoms with Crippen LogP contribution >= 0.6 is 0 Å². The van der Waals surface area contributed by atoms with Crippen molar-refractivity contribution in [1.29, 1.82) is 0 Å². The minimum absolute atomic E-state index is 0.0506. The van der Waals surface area contributed by atoms with Crippen LogP contribution in [0.1, 0.15) is 25.7 Å². The van der Waals surface area contributed by atoms with Gasteiger partial charge in [-0.1, -0.05) is 0 Å². The van der Waals surface area contributed by atoms with Crippen molar-refractivity contribution in [3.8, 4) is 0 Å². The van der Waals surface area contributed by atoms with Gasteiger partial charge in [-0.2, -0.15) is 0 Å². The molecule has 0 heterocycles. The van der Waals surface area contributed by atoms with Crippen molar-refractivity contribution in [1.82, 2.24) is 4.72 Å². The molecule has 0 aromatic rings. The normalized spacial score (nSPS) is 22.3. The Hall–Kier alpha value is -0.130. The first-order chi connectivity index (χ1) is 7.12. The van der Waals surface area contributed by atoms with Gasteiger partial charge in [0.15, 0.2) is 0 Å². The predicted molar refractivity (Wildman–Crippen MR) is 59.8 cm³/mol. The van der Waals surface area contributed by atoms with Crippen molar-refractivity contribution >= 4 is 10.0 Å². The molecule has 0 aromatic carbocycles. The van der Waals surface area contributed by atoms with Gasteiger partial charge in [0.05, 0.1) is 5.75 Å². The highest BCUT2D eigenvalue weighted by atomic mass is 32.2. The fourth-order valence-electron chi connectivity index (χ4n) is 2.22. The molecule has 0 radical (unpaired) electrons. The highest BCUT2D eigenvalue weighted by Gasteiger charge is 2.41. The molecule has 0 unspecified atom stereocenters. The maximum absolute atomic E-state index is 11.4. The van der Waals surface area contributed by atoms with E-state index in [0.717, 1.165) is 11.8 Å². The highest BCUT2D eigenvalue weighted by Crippen LogP contribution is 2.48. The minimum atomic E-state index is -3.11. The summed E-state index contributed by atoms with van der Waals surface area (Å²) in [5.74, 6) is 2.23. The van der Waals surface area contributed by atoms with E-state index >= 15 is 0 Å². The predicted octanol–water partition coefficient (Wildman–Crippen LogP) is 0.301. The van der Waals surface area contributed by atoms with Crippen LogP contribution in [0.25, 0.3) is 0 Å². The Morgan fingerprint density at radius 3 is 2.13 bits per heavy atom. The largest absolute Gasteiger partial charge is 0.329 e. The Balaban J connectivity index is 1.79. The zero-order valence-corrected chi connectivity index (χ0v) is 9.80. The third-order valence-corrected chi connectivity index (χ3v) is 4.76. The summed E-state index contributed by atoms with van der Waals surface area (Å²) in [4.78, 5) is 0. The number of hydrogen-bond donors (Lipinski definition) is 2. The standard InChI is InChI=1S/C10H20N2O2S/c11-5-6-15(13,14)12-7-10(8-1-2-8)9-3-4-9/h8-10,12H,1-7,11H2. The topological polar surface area (TPSA) is 72.2 Å². The molecule has 2 aliphatic carbocycles. The molecule has 3 N–H and O–H groups in total. The molecule has 2 rings (SSSR count). The molecule has 0 atom stereocenters. The van der Waals surface area contributed by atoms with Gasteiger partial charge < -0.3 is 5.73 Å². The van der Waals surface area contributed by atoms with Gasteiger partial charge in [-0.3, -0.25) is 0 Å². The fourth-order valence-corrected chi connectivity index (χ4v) is 3.12. The summed E-state index contributed by atoms with van der Waals surface area (Å²) in [7, 11) is -3.11. The van der Waals surface area contributed by atoms with E-state index in [1.54, 1.807) is 0 Å². The Kier molecular flexibility index (Phi) is 3.33. The summed E-state index contributed by atoms with van der Waals surface area (Å²) in [6.45, 7) is 0.838. The van der Waals surface area contributed by atoms with E-state index in [1.807, 2.05) is 0 Å². The number of rotatable bonds is 7. The van der Waals surface area contributed by atoms with Crippen molar-refractivity contribution in [2.45, 2.75) is 25.7 Å². The summed E-state index contributed by atoms with van der Waals surface area (Å²) in [6, 6.07) is 0. The first-order valence-electron chi connectivity index (χ1n) is 5.80. The lowest BCUT2D eigenvalue weighted by Gasteiger charge is -2.15. The van der Waals surface area contributed by atoms with E-state index in [0.29, 0.717) is 12.5 Å². The lowest BCUT2D eigenvalue weighted by atomic mass is 9.99. The van der Waals surface area contributed by atoms with Crippen LogP contribution in [0.15, 0.2) is 0 Å². The van der Waals surface area contributed by atoms with Crippen LogP contribution in [-0.4, -0.2) is 27.3 Å². The van der Waals surface area contributed by atoms with E-state index in [-0.39, 0.29) is 12.3 Å². The quantitative estimate of drug-likeness (QED) is 0.663. The van der Waals surface area contributed by atoms with Crippen LogP contribution in [0.4, 0.5) is 0 Å². The molecule has 0 bridgehead atoms. The molecule has 0 aromatic heterocycles. The van der Waals surface area contributed by atoms with Crippen molar-refractivity contribution in [2.24, 2.45) is 23.5 Å². The van der Waals surface area contributed by atoms with E-state index in [1.165, 1.54) is 25.7 Å². The van der Waals surface area contributed by atoms with Crippen LogP contribution in [0.2, 0.25) is 0 Å². The van der Waals surface area contributed by atoms with Gasteiger partial charge in [-0.25, -0.2) is 13.1 Å². The summed E-state index contributed by atoms with van der Waals surface area (Å²) >= 11 is 0. The monoisotopic (exact) mass is 232 g/mol. The Bertz CT molecular complexity index is 295. The zero-order valence-electron chi connectivity index (χ0n) is 8.98. The van der Waals surface area contributed by atoms with Gasteiger partial charge in [0, 0.05) is 13.1 Å². The molecular weight excluding hydrogens is 212 g/mol. The van der Waals surface area contributed by atoms with Gasteiger partial charge in [-0.15, -0.1) is 0 Å². The van der Waals surface area contributed by atoms with Crippen LogP contribution < -0.4 is 10.5 Å². The SMILES string of the molecule is NCCS(=O)(=O)NCC(C1CC1)C1CC1. The first kappa shape index (κ1) is 11.4. The average Bonchev–Trinajstić information content (AvgIpc) is 2.99. The van der Waals surface area contributed by atoms with E-state index in [2.05, 4.69) is 4.72 Å². The average molecular weight is 232 g/mol. The minimum Gasteiger partial charge on any atom is -0.329 e. The van der Waals surface area contributed by atoms with Crippen molar-refractivity contribution in [3.05, 3.63) is 0 Å². The van der Waals surface area contributed by atoms with Crippen LogP contribution in [-0.2, 0) is 10.0 Å². The van der Waals surface area contributed by atoms with Crippen LogP contribution in [0, 0.1) is 17.8 Å². The maximum atomic E-state index is 11.4. The van der Waals surface area contributed by atoms with Crippen molar-refractivity contribution < 1.29 is 8.42 Å². The lowest BCUT2D eigenvalue weighted by molar-refractivity contribution is 0.401. The van der Waals surface area contributed by atoms with Gasteiger partial charge in [0.25, 0.3) is 0 Å². The molecular formula is C10H20N2O2S. The van der Waals surface area contributed by atoms with Gasteiger partial charge >= 0.3 is 0 Å². The molecule has 4 nitrogen and oxygen atoms in total.